The van der Waals surface area contributed by atoms with E-state index in [0.29, 0.717) is 18.8 Å². The van der Waals surface area contributed by atoms with Crippen molar-refractivity contribution >= 4 is 23.6 Å². The minimum Gasteiger partial charge on any atom is -0.507 e. The number of carbonyl (C=O) groups excluding carboxylic acids is 3. The average molecular weight is 418 g/mol. The minimum absolute atomic E-state index is 0.0779. The summed E-state index contributed by atoms with van der Waals surface area (Å²) in [5.74, 6) is -0.291. The molecule has 2 heterocycles. The number of hydrogen-bond donors (Lipinski definition) is 2. The highest BCUT2D eigenvalue weighted by Gasteiger charge is 2.30. The van der Waals surface area contributed by atoms with Crippen LogP contribution in [0.1, 0.15) is 51.2 Å². The molecule has 2 saturated heterocycles. The fourth-order valence-corrected chi connectivity index (χ4v) is 4.07. The second kappa shape index (κ2) is 8.63. The first-order chi connectivity index (χ1) is 14.1. The van der Waals surface area contributed by atoms with Gasteiger partial charge in [-0.3, -0.25) is 24.7 Å². The molecule has 0 unspecified atom stereocenters. The zero-order chi connectivity index (χ0) is 22.1. The normalized spacial score (nSPS) is 19.0. The van der Waals surface area contributed by atoms with E-state index >= 15 is 0 Å². The summed E-state index contributed by atoms with van der Waals surface area (Å²) >= 11 is 0. The van der Waals surface area contributed by atoms with E-state index in [1.54, 1.807) is 4.90 Å². The van der Waals surface area contributed by atoms with Gasteiger partial charge in [-0.1, -0.05) is 20.8 Å². The Labute approximate surface area is 177 Å². The largest absolute Gasteiger partial charge is 0.507 e. The molecule has 1 aromatic carbocycles. The van der Waals surface area contributed by atoms with Crippen LogP contribution in [0.3, 0.4) is 0 Å². The number of urea groups is 1. The summed E-state index contributed by atoms with van der Waals surface area (Å²) in [4.78, 5) is 39.4. The second-order valence-electron chi connectivity index (χ2n) is 9.08. The first-order valence-corrected chi connectivity index (χ1v) is 10.4. The first kappa shape index (κ1) is 22.1. The molecule has 2 aliphatic rings. The van der Waals surface area contributed by atoms with Crippen LogP contribution in [0.25, 0.3) is 0 Å². The van der Waals surface area contributed by atoms with Gasteiger partial charge >= 0.3 is 12.0 Å². The summed E-state index contributed by atoms with van der Waals surface area (Å²) in [5, 5.41) is 13.3. The number of nitrogens with one attached hydrogen (secondary N) is 1. The lowest BCUT2D eigenvalue weighted by molar-refractivity contribution is -0.147. The summed E-state index contributed by atoms with van der Waals surface area (Å²) in [6, 6.07) is 3.21. The summed E-state index contributed by atoms with van der Waals surface area (Å²) in [6.07, 6.45) is 1.68. The molecule has 0 spiro atoms. The van der Waals surface area contributed by atoms with Crippen molar-refractivity contribution < 1.29 is 24.2 Å². The van der Waals surface area contributed by atoms with E-state index in [9.17, 15) is 19.5 Å². The molecule has 0 aliphatic carbocycles. The van der Waals surface area contributed by atoms with E-state index in [1.807, 2.05) is 32.9 Å². The van der Waals surface area contributed by atoms with Crippen LogP contribution in [0.4, 0.5) is 10.5 Å². The summed E-state index contributed by atoms with van der Waals surface area (Å²) in [6.45, 7) is 8.32. The molecule has 164 valence electrons. The van der Waals surface area contributed by atoms with Crippen LogP contribution in [0.15, 0.2) is 12.1 Å². The number of methoxy groups -OCH3 is 1. The number of benzene rings is 1. The molecule has 0 aromatic heterocycles. The van der Waals surface area contributed by atoms with E-state index < -0.39 is 6.03 Å². The van der Waals surface area contributed by atoms with E-state index in [1.165, 1.54) is 7.11 Å². The van der Waals surface area contributed by atoms with Gasteiger partial charge in [0, 0.05) is 36.3 Å². The Morgan fingerprint density at radius 2 is 1.87 bits per heavy atom. The summed E-state index contributed by atoms with van der Waals surface area (Å²) in [5.41, 5.74) is 1.83. The van der Waals surface area contributed by atoms with E-state index in [0.717, 1.165) is 37.1 Å². The van der Waals surface area contributed by atoms with Gasteiger partial charge < -0.3 is 9.84 Å². The van der Waals surface area contributed by atoms with Crippen LogP contribution in [0.5, 0.6) is 5.75 Å². The standard InChI is InChI=1S/C22H31N3O5/c1-22(2,3)17-12-16(25-10-7-18(26)23-21(25)29)11-15(19(17)27)13-24-8-5-14(6-9-24)20(28)30-4/h11-12,14,27H,5-10,13H2,1-4H3,(H,23,26,29). The van der Waals surface area contributed by atoms with Gasteiger partial charge in [0.05, 0.1) is 13.0 Å². The minimum atomic E-state index is -0.443. The zero-order valence-corrected chi connectivity index (χ0v) is 18.2. The Morgan fingerprint density at radius 1 is 1.20 bits per heavy atom. The topological polar surface area (TPSA) is 99.2 Å². The van der Waals surface area contributed by atoms with E-state index in [4.69, 9.17) is 4.74 Å². The van der Waals surface area contributed by atoms with Crippen molar-refractivity contribution in [3.8, 4) is 5.75 Å². The summed E-state index contributed by atoms with van der Waals surface area (Å²) in [7, 11) is 1.41. The molecule has 3 amide bonds. The van der Waals surface area contributed by atoms with Crippen LogP contribution in [0.2, 0.25) is 0 Å². The highest BCUT2D eigenvalue weighted by Crippen LogP contribution is 2.38. The highest BCUT2D eigenvalue weighted by molar-refractivity contribution is 6.05. The van der Waals surface area contributed by atoms with Gasteiger partial charge in [0.15, 0.2) is 0 Å². The number of aromatic hydroxyl groups is 1. The van der Waals surface area contributed by atoms with Crippen LogP contribution >= 0.6 is 0 Å². The molecule has 0 atom stereocenters. The molecule has 2 fully saturated rings. The monoisotopic (exact) mass is 417 g/mol. The van der Waals surface area contributed by atoms with Gasteiger partial charge in [0.2, 0.25) is 5.91 Å². The molecule has 3 rings (SSSR count). The van der Waals surface area contributed by atoms with Crippen molar-refractivity contribution in [2.75, 3.05) is 31.6 Å². The molecule has 8 heteroatoms. The van der Waals surface area contributed by atoms with Crippen molar-refractivity contribution in [3.63, 3.8) is 0 Å². The summed E-state index contributed by atoms with van der Waals surface area (Å²) < 4.78 is 4.85. The number of nitrogens with zero attached hydrogens (tertiary/aromatic N) is 2. The lowest BCUT2D eigenvalue weighted by atomic mass is 9.84. The third kappa shape index (κ3) is 4.75. The fourth-order valence-electron chi connectivity index (χ4n) is 4.07. The Hall–Kier alpha value is -2.61. The Bertz CT molecular complexity index is 838. The third-order valence-corrected chi connectivity index (χ3v) is 5.86. The van der Waals surface area contributed by atoms with Gasteiger partial charge in [-0.2, -0.15) is 0 Å². The fraction of sp³-hybridized carbons (Fsp3) is 0.591. The number of amides is 3. The molecular weight excluding hydrogens is 386 g/mol. The van der Waals surface area contributed by atoms with Gasteiger partial charge in [-0.05, 0) is 43.5 Å². The number of carbonyl (C=O) groups is 3. The van der Waals surface area contributed by atoms with Crippen LogP contribution in [0, 0.1) is 5.92 Å². The molecule has 8 nitrogen and oxygen atoms in total. The number of ether oxygens (including phenoxy) is 1. The Kier molecular flexibility index (Phi) is 6.36. The van der Waals surface area contributed by atoms with Crippen LogP contribution < -0.4 is 10.2 Å². The maximum atomic E-state index is 12.4. The number of phenolic OH excluding ortho intramolecular Hbond substituents is 1. The van der Waals surface area contributed by atoms with Crippen molar-refractivity contribution in [3.05, 3.63) is 23.3 Å². The SMILES string of the molecule is COC(=O)C1CCN(Cc2cc(N3CCC(=O)NC3=O)cc(C(C)(C)C)c2O)CC1. The predicted molar refractivity (Wildman–Crippen MR) is 112 cm³/mol. The average Bonchev–Trinajstić information content (AvgIpc) is 2.69. The number of likely N-dealkylation sites (tertiary alicyclic amines) is 1. The predicted octanol–water partition coefficient (Wildman–Crippen LogP) is 2.52. The number of esters is 1. The van der Waals surface area contributed by atoms with E-state index in [2.05, 4.69) is 10.2 Å². The van der Waals surface area contributed by atoms with Crippen LogP contribution in [-0.4, -0.2) is 54.7 Å². The third-order valence-electron chi connectivity index (χ3n) is 5.86. The number of anilines is 1. The second-order valence-corrected chi connectivity index (χ2v) is 9.08. The molecule has 0 radical (unpaired) electrons. The number of rotatable bonds is 4. The lowest BCUT2D eigenvalue weighted by Gasteiger charge is -2.33. The van der Waals surface area contributed by atoms with Gasteiger partial charge in [0.1, 0.15) is 5.75 Å². The number of imide groups is 1. The van der Waals surface area contributed by atoms with Gasteiger partial charge in [0.25, 0.3) is 0 Å². The molecule has 1 aromatic rings. The van der Waals surface area contributed by atoms with Crippen molar-refractivity contribution in [1.29, 1.82) is 0 Å². The molecule has 0 saturated carbocycles. The molecule has 2 aliphatic heterocycles. The quantitative estimate of drug-likeness (QED) is 0.731. The maximum absolute atomic E-state index is 12.4. The number of piperidine rings is 1. The number of phenols is 1. The van der Waals surface area contributed by atoms with Crippen LogP contribution in [-0.2, 0) is 26.3 Å². The van der Waals surface area contributed by atoms with Crippen molar-refractivity contribution in [1.82, 2.24) is 10.2 Å². The van der Waals surface area contributed by atoms with Crippen molar-refractivity contribution in [2.45, 2.75) is 52.0 Å². The van der Waals surface area contributed by atoms with Gasteiger partial charge in [-0.25, -0.2) is 4.79 Å². The van der Waals surface area contributed by atoms with Crippen molar-refractivity contribution in [2.24, 2.45) is 5.92 Å². The number of hydrogen-bond acceptors (Lipinski definition) is 6. The highest BCUT2D eigenvalue weighted by atomic mass is 16.5. The molecule has 30 heavy (non-hydrogen) atoms. The zero-order valence-electron chi connectivity index (χ0n) is 18.2. The molecular formula is C22H31N3O5. The maximum Gasteiger partial charge on any atom is 0.328 e. The van der Waals surface area contributed by atoms with Gasteiger partial charge in [-0.15, -0.1) is 0 Å². The smallest absolute Gasteiger partial charge is 0.328 e. The lowest BCUT2D eigenvalue weighted by Crippen LogP contribution is -2.49. The molecule has 2 N–H and O–H groups in total. The Balaban J connectivity index is 1.86. The first-order valence-electron chi connectivity index (χ1n) is 10.4. The molecule has 0 bridgehead atoms. The Morgan fingerprint density at radius 3 is 2.43 bits per heavy atom. The van der Waals surface area contributed by atoms with E-state index in [-0.39, 0.29) is 35.4 Å².